The van der Waals surface area contributed by atoms with Crippen LogP contribution in [0.1, 0.15) is 32.3 Å². The fraction of sp³-hybridized carbons (Fsp3) is 0.409. The summed E-state index contributed by atoms with van der Waals surface area (Å²) in [6.45, 7) is 4.93. The van der Waals surface area contributed by atoms with Gasteiger partial charge in [0.1, 0.15) is 11.2 Å². The van der Waals surface area contributed by atoms with Crippen molar-refractivity contribution in [2.75, 3.05) is 6.54 Å². The predicted molar refractivity (Wildman–Crippen MR) is 118 cm³/mol. The molecule has 0 radical (unpaired) electrons. The molecule has 2 heterocycles. The largest absolute Gasteiger partial charge is 0.355 e. The normalized spacial score (nSPS) is 11.3. The summed E-state index contributed by atoms with van der Waals surface area (Å²) in [6.07, 6.45) is 2.44. The standard InChI is InChI=1S/C22H27N3O3S/c1-16(2)10-13-24-21(27)20-18(11-14-29-20)25(22(24)28)15-19(26)23-12-6-9-17-7-4-3-5-8-17/h3-5,7-8,11,14,16H,6,9-10,12-13,15H2,1-2H3,(H,23,26). The van der Waals surface area contributed by atoms with E-state index < -0.39 is 5.69 Å². The van der Waals surface area contributed by atoms with Crippen LogP contribution in [0.5, 0.6) is 0 Å². The van der Waals surface area contributed by atoms with E-state index >= 15 is 0 Å². The molecule has 2 aromatic heterocycles. The summed E-state index contributed by atoms with van der Waals surface area (Å²) in [5.41, 5.74) is 1.08. The highest BCUT2D eigenvalue weighted by Crippen LogP contribution is 2.15. The van der Waals surface area contributed by atoms with Gasteiger partial charge >= 0.3 is 5.69 Å². The lowest BCUT2D eigenvalue weighted by atomic mass is 10.1. The van der Waals surface area contributed by atoms with Crippen molar-refractivity contribution in [3.8, 4) is 0 Å². The number of aryl methyl sites for hydroxylation is 1. The Hall–Kier alpha value is -2.67. The van der Waals surface area contributed by atoms with Gasteiger partial charge in [-0.15, -0.1) is 11.3 Å². The van der Waals surface area contributed by atoms with Gasteiger partial charge in [-0.05, 0) is 42.2 Å². The Kier molecular flexibility index (Phi) is 7.04. The van der Waals surface area contributed by atoms with E-state index in [0.29, 0.717) is 29.2 Å². The SMILES string of the molecule is CC(C)CCn1c(=O)c2sccc2n(CC(=O)NCCCc2ccccc2)c1=O. The quantitative estimate of drug-likeness (QED) is 0.548. The summed E-state index contributed by atoms with van der Waals surface area (Å²) < 4.78 is 3.20. The number of nitrogens with zero attached hydrogens (tertiary/aromatic N) is 2. The van der Waals surface area contributed by atoms with E-state index in [2.05, 4.69) is 31.3 Å². The van der Waals surface area contributed by atoms with Crippen LogP contribution in [0.15, 0.2) is 51.4 Å². The molecule has 1 N–H and O–H groups in total. The molecule has 0 unspecified atom stereocenters. The Labute approximate surface area is 173 Å². The Bertz CT molecular complexity index is 1080. The molecule has 0 saturated carbocycles. The molecule has 0 atom stereocenters. The fourth-order valence-electron chi connectivity index (χ4n) is 3.24. The van der Waals surface area contributed by atoms with Crippen LogP contribution in [0, 0.1) is 5.92 Å². The number of fused-ring (bicyclic) bond motifs is 1. The van der Waals surface area contributed by atoms with Gasteiger partial charge in [0.2, 0.25) is 5.91 Å². The van der Waals surface area contributed by atoms with E-state index in [9.17, 15) is 14.4 Å². The van der Waals surface area contributed by atoms with Crippen LogP contribution in [0.25, 0.3) is 10.2 Å². The molecule has 1 amide bonds. The second-order valence-electron chi connectivity index (χ2n) is 7.58. The summed E-state index contributed by atoms with van der Waals surface area (Å²) in [5, 5.41) is 4.67. The van der Waals surface area contributed by atoms with Gasteiger partial charge in [0.15, 0.2) is 0 Å². The van der Waals surface area contributed by atoms with Crippen molar-refractivity contribution in [1.29, 1.82) is 0 Å². The zero-order valence-corrected chi connectivity index (χ0v) is 17.7. The molecule has 0 saturated heterocycles. The molecule has 0 aliphatic rings. The molecule has 0 fully saturated rings. The van der Waals surface area contributed by atoms with Gasteiger partial charge in [0.05, 0.1) is 5.52 Å². The first-order chi connectivity index (χ1) is 14.0. The smallest absolute Gasteiger partial charge is 0.332 e. The summed E-state index contributed by atoms with van der Waals surface area (Å²) in [6, 6.07) is 11.8. The number of rotatable bonds is 9. The van der Waals surface area contributed by atoms with Gasteiger partial charge in [-0.25, -0.2) is 4.79 Å². The first kappa shape index (κ1) is 21.0. The van der Waals surface area contributed by atoms with Crippen LogP contribution < -0.4 is 16.6 Å². The number of aromatic nitrogens is 2. The number of thiophene rings is 1. The molecule has 0 bridgehead atoms. The Morgan fingerprint density at radius 1 is 1.10 bits per heavy atom. The number of carbonyl (C=O) groups is 1. The molecule has 7 heteroatoms. The lowest BCUT2D eigenvalue weighted by Crippen LogP contribution is -2.42. The molecule has 3 aromatic rings. The third kappa shape index (κ3) is 5.23. The molecule has 29 heavy (non-hydrogen) atoms. The maximum Gasteiger partial charge on any atom is 0.332 e. The van der Waals surface area contributed by atoms with Gasteiger partial charge in [0, 0.05) is 13.1 Å². The number of benzene rings is 1. The lowest BCUT2D eigenvalue weighted by molar-refractivity contribution is -0.121. The number of hydrogen-bond donors (Lipinski definition) is 1. The summed E-state index contributed by atoms with van der Waals surface area (Å²) in [4.78, 5) is 38.0. The predicted octanol–water partition coefficient (Wildman–Crippen LogP) is 3.02. The van der Waals surface area contributed by atoms with E-state index in [1.165, 1.54) is 26.0 Å². The average Bonchev–Trinajstić information content (AvgIpc) is 3.19. The second kappa shape index (κ2) is 9.69. The second-order valence-corrected chi connectivity index (χ2v) is 8.50. The van der Waals surface area contributed by atoms with Crippen LogP contribution >= 0.6 is 11.3 Å². The van der Waals surface area contributed by atoms with Crippen LogP contribution in [-0.2, 0) is 24.3 Å². The molecule has 0 aliphatic heterocycles. The van der Waals surface area contributed by atoms with Crippen molar-refractivity contribution in [3.63, 3.8) is 0 Å². The van der Waals surface area contributed by atoms with E-state index in [4.69, 9.17) is 0 Å². The fourth-order valence-corrected chi connectivity index (χ4v) is 4.08. The number of hydrogen-bond acceptors (Lipinski definition) is 4. The van der Waals surface area contributed by atoms with Gasteiger partial charge in [0.25, 0.3) is 5.56 Å². The topological polar surface area (TPSA) is 73.1 Å². The van der Waals surface area contributed by atoms with Gasteiger partial charge < -0.3 is 5.32 Å². The van der Waals surface area contributed by atoms with Crippen LogP contribution in [0.4, 0.5) is 0 Å². The Morgan fingerprint density at radius 3 is 2.59 bits per heavy atom. The minimum absolute atomic E-state index is 0.0840. The van der Waals surface area contributed by atoms with Crippen LogP contribution in [-0.4, -0.2) is 21.6 Å². The third-order valence-corrected chi connectivity index (χ3v) is 5.77. The number of carbonyl (C=O) groups excluding carboxylic acids is 1. The minimum Gasteiger partial charge on any atom is -0.355 e. The maximum atomic E-state index is 12.9. The van der Waals surface area contributed by atoms with Gasteiger partial charge in [-0.1, -0.05) is 44.2 Å². The monoisotopic (exact) mass is 413 g/mol. The highest BCUT2D eigenvalue weighted by atomic mass is 32.1. The van der Waals surface area contributed by atoms with Crippen molar-refractivity contribution in [1.82, 2.24) is 14.5 Å². The van der Waals surface area contributed by atoms with Crippen molar-refractivity contribution < 1.29 is 4.79 Å². The van der Waals surface area contributed by atoms with E-state index in [1.807, 2.05) is 18.2 Å². The molecule has 6 nitrogen and oxygen atoms in total. The Balaban J connectivity index is 1.70. The van der Waals surface area contributed by atoms with E-state index in [0.717, 1.165) is 19.3 Å². The zero-order valence-electron chi connectivity index (χ0n) is 16.9. The Morgan fingerprint density at radius 2 is 1.86 bits per heavy atom. The molecule has 1 aromatic carbocycles. The number of amides is 1. The van der Waals surface area contributed by atoms with Gasteiger partial charge in [-0.2, -0.15) is 0 Å². The first-order valence-corrected chi connectivity index (χ1v) is 10.9. The van der Waals surface area contributed by atoms with Crippen molar-refractivity contribution in [3.05, 3.63) is 68.2 Å². The third-order valence-electron chi connectivity index (χ3n) is 4.88. The summed E-state index contributed by atoms with van der Waals surface area (Å²) in [5.74, 6) is 0.156. The van der Waals surface area contributed by atoms with Crippen molar-refractivity contribution in [2.45, 2.75) is 46.2 Å². The minimum atomic E-state index is -0.416. The van der Waals surface area contributed by atoms with Crippen molar-refractivity contribution >= 4 is 27.5 Å². The lowest BCUT2D eigenvalue weighted by Gasteiger charge is -2.13. The zero-order chi connectivity index (χ0) is 20.8. The van der Waals surface area contributed by atoms with E-state index in [1.54, 1.807) is 11.4 Å². The van der Waals surface area contributed by atoms with Crippen LogP contribution in [0.2, 0.25) is 0 Å². The average molecular weight is 414 g/mol. The molecule has 3 rings (SSSR count). The molecular weight excluding hydrogens is 386 g/mol. The van der Waals surface area contributed by atoms with Crippen molar-refractivity contribution in [2.24, 2.45) is 5.92 Å². The first-order valence-electron chi connectivity index (χ1n) is 9.99. The maximum absolute atomic E-state index is 12.9. The van der Waals surface area contributed by atoms with Crippen LogP contribution in [0.3, 0.4) is 0 Å². The van der Waals surface area contributed by atoms with E-state index in [-0.39, 0.29) is 18.0 Å². The summed E-state index contributed by atoms with van der Waals surface area (Å²) >= 11 is 1.31. The molecule has 154 valence electrons. The highest BCUT2D eigenvalue weighted by Gasteiger charge is 2.16. The molecular formula is C22H27N3O3S. The summed E-state index contributed by atoms with van der Waals surface area (Å²) in [7, 11) is 0. The van der Waals surface area contributed by atoms with Gasteiger partial charge in [-0.3, -0.25) is 18.7 Å². The molecule has 0 spiro atoms. The molecule has 0 aliphatic carbocycles. The number of nitrogens with one attached hydrogen (secondary N) is 1. The highest BCUT2D eigenvalue weighted by molar-refractivity contribution is 7.17.